The van der Waals surface area contributed by atoms with Gasteiger partial charge >= 0.3 is 0 Å². The largest absolute Gasteiger partial charge is 0.281 e. The summed E-state index contributed by atoms with van der Waals surface area (Å²) in [5.41, 5.74) is 0.306. The minimum Gasteiger partial charge on any atom is -0.281 e. The van der Waals surface area contributed by atoms with Gasteiger partial charge in [0.2, 0.25) is 0 Å². The van der Waals surface area contributed by atoms with E-state index in [0.717, 1.165) is 0 Å². The Morgan fingerprint density at radius 2 is 1.94 bits per heavy atom. The van der Waals surface area contributed by atoms with Crippen molar-refractivity contribution in [3.8, 4) is 12.3 Å². The molecule has 1 aromatic carbocycles. The van der Waals surface area contributed by atoms with E-state index in [1.807, 2.05) is 19.9 Å². The molecule has 2 heteroatoms. The maximum atomic E-state index is 13.6. The Morgan fingerprint density at radius 3 is 2.41 bits per heavy atom. The summed E-state index contributed by atoms with van der Waals surface area (Å²) in [6.45, 7) is 8.63. The molecule has 0 aromatic heterocycles. The highest BCUT2D eigenvalue weighted by atomic mass is 19.1. The Balaban J connectivity index is 2.98. The fourth-order valence-electron chi connectivity index (χ4n) is 1.92. The lowest BCUT2D eigenvalue weighted by molar-refractivity contribution is 0.118. The van der Waals surface area contributed by atoms with Crippen molar-refractivity contribution in [2.75, 3.05) is 0 Å². The van der Waals surface area contributed by atoms with E-state index in [0.29, 0.717) is 12.1 Å². The molecule has 0 aliphatic heterocycles. The van der Waals surface area contributed by atoms with Crippen LogP contribution in [0.25, 0.3) is 0 Å². The monoisotopic (exact) mass is 233 g/mol. The quantitative estimate of drug-likeness (QED) is 0.720. The predicted octanol–water partition coefficient (Wildman–Crippen LogP) is 3.45. The minimum absolute atomic E-state index is 0.175. The number of hydrogen-bond acceptors (Lipinski definition) is 1. The molecule has 0 amide bonds. The van der Waals surface area contributed by atoms with E-state index in [-0.39, 0.29) is 17.4 Å². The van der Waals surface area contributed by atoms with Crippen LogP contribution >= 0.6 is 0 Å². The first-order chi connectivity index (χ1) is 7.88. The highest BCUT2D eigenvalue weighted by Crippen LogP contribution is 2.21. The van der Waals surface area contributed by atoms with Gasteiger partial charge in [-0.1, -0.05) is 24.1 Å². The van der Waals surface area contributed by atoms with Gasteiger partial charge in [-0.2, -0.15) is 0 Å². The highest BCUT2D eigenvalue weighted by molar-refractivity contribution is 5.19. The van der Waals surface area contributed by atoms with E-state index in [4.69, 9.17) is 6.42 Å². The number of hydrogen-bond donors (Lipinski definition) is 0. The molecule has 92 valence electrons. The molecule has 0 N–H and O–H groups in total. The molecule has 1 aromatic rings. The topological polar surface area (TPSA) is 3.24 Å². The second kappa shape index (κ2) is 5.33. The normalized spacial score (nSPS) is 11.9. The number of nitrogens with zero attached hydrogens (tertiary/aromatic N) is 1. The van der Waals surface area contributed by atoms with E-state index in [1.165, 1.54) is 6.07 Å². The Hall–Kier alpha value is -1.33. The van der Waals surface area contributed by atoms with Crippen molar-refractivity contribution in [3.63, 3.8) is 0 Å². The lowest BCUT2D eigenvalue weighted by Gasteiger charge is -2.38. The van der Waals surface area contributed by atoms with Crippen LogP contribution < -0.4 is 0 Å². The molecular weight excluding hydrogens is 213 g/mol. The van der Waals surface area contributed by atoms with Crippen LogP contribution in [-0.4, -0.2) is 16.5 Å². The molecule has 0 fully saturated rings. The summed E-state index contributed by atoms with van der Waals surface area (Å²) in [7, 11) is 0. The van der Waals surface area contributed by atoms with Crippen LogP contribution in [0, 0.1) is 18.2 Å². The molecule has 17 heavy (non-hydrogen) atoms. The zero-order chi connectivity index (χ0) is 13.1. The van der Waals surface area contributed by atoms with Crippen LogP contribution in [0.3, 0.4) is 0 Å². The second-order valence-corrected chi connectivity index (χ2v) is 5.02. The number of rotatable bonds is 4. The molecule has 1 rings (SSSR count). The fraction of sp³-hybridized carbons (Fsp3) is 0.467. The summed E-state index contributed by atoms with van der Waals surface area (Å²) in [6, 6.07) is 7.10. The fourth-order valence-corrected chi connectivity index (χ4v) is 1.92. The third-order valence-electron chi connectivity index (χ3n) is 2.99. The molecule has 0 aliphatic rings. The van der Waals surface area contributed by atoms with Gasteiger partial charge < -0.3 is 0 Å². The second-order valence-electron chi connectivity index (χ2n) is 5.02. The number of benzene rings is 1. The summed E-state index contributed by atoms with van der Waals surface area (Å²) in [5, 5.41) is 0. The van der Waals surface area contributed by atoms with Crippen molar-refractivity contribution in [1.29, 1.82) is 0 Å². The van der Waals surface area contributed by atoms with Gasteiger partial charge in [0.25, 0.3) is 0 Å². The maximum Gasteiger partial charge on any atom is 0.127 e. The van der Waals surface area contributed by atoms with Gasteiger partial charge in [-0.25, -0.2) is 4.39 Å². The summed E-state index contributed by atoms with van der Waals surface area (Å²) in [4.78, 5) is 2.12. The lowest BCUT2D eigenvalue weighted by atomic mass is 10.0. The zero-order valence-electron chi connectivity index (χ0n) is 11.0. The molecule has 0 unspecified atom stereocenters. The van der Waals surface area contributed by atoms with E-state index in [2.05, 4.69) is 24.7 Å². The van der Waals surface area contributed by atoms with Crippen LogP contribution in [-0.2, 0) is 6.54 Å². The van der Waals surface area contributed by atoms with Gasteiger partial charge in [-0.15, -0.1) is 6.42 Å². The van der Waals surface area contributed by atoms with Crippen LogP contribution in [0.1, 0.15) is 33.3 Å². The predicted molar refractivity (Wildman–Crippen MR) is 70.0 cm³/mol. The van der Waals surface area contributed by atoms with E-state index in [1.54, 1.807) is 12.1 Å². The molecule has 0 bridgehead atoms. The van der Waals surface area contributed by atoms with Crippen molar-refractivity contribution >= 4 is 0 Å². The maximum absolute atomic E-state index is 13.6. The summed E-state index contributed by atoms with van der Waals surface area (Å²) < 4.78 is 13.6. The van der Waals surface area contributed by atoms with Crippen molar-refractivity contribution < 1.29 is 4.39 Å². The van der Waals surface area contributed by atoms with Crippen molar-refractivity contribution in [2.45, 2.75) is 45.8 Å². The first-order valence-electron chi connectivity index (χ1n) is 5.86. The Labute approximate surface area is 104 Å². The van der Waals surface area contributed by atoms with Crippen LogP contribution in [0.4, 0.5) is 4.39 Å². The van der Waals surface area contributed by atoms with E-state index >= 15 is 0 Å². The Bertz CT molecular complexity index is 415. The van der Waals surface area contributed by atoms with Crippen molar-refractivity contribution in [3.05, 3.63) is 35.6 Å². The van der Waals surface area contributed by atoms with Gasteiger partial charge in [0, 0.05) is 18.2 Å². The number of halogens is 1. The first-order valence-corrected chi connectivity index (χ1v) is 5.86. The van der Waals surface area contributed by atoms with Gasteiger partial charge in [0.1, 0.15) is 5.82 Å². The molecule has 0 saturated carbocycles. The van der Waals surface area contributed by atoms with Crippen LogP contribution in [0.5, 0.6) is 0 Å². The lowest BCUT2D eigenvalue weighted by Crippen LogP contribution is -2.46. The summed E-state index contributed by atoms with van der Waals surface area (Å²) in [5.74, 6) is 2.59. The average molecular weight is 233 g/mol. The molecular formula is C15H20FN. The van der Waals surface area contributed by atoms with Gasteiger partial charge in [0.15, 0.2) is 0 Å². The van der Waals surface area contributed by atoms with E-state index < -0.39 is 0 Å². The van der Waals surface area contributed by atoms with Gasteiger partial charge in [-0.05, 0) is 33.8 Å². The Morgan fingerprint density at radius 1 is 1.35 bits per heavy atom. The van der Waals surface area contributed by atoms with Gasteiger partial charge in [-0.3, -0.25) is 4.90 Å². The minimum atomic E-state index is -0.379. The SMILES string of the molecule is C#CC(C)(C)N(Cc1ccccc1F)C(C)C. The number of terminal acetylenes is 1. The third-order valence-corrected chi connectivity index (χ3v) is 2.99. The molecule has 0 aliphatic carbocycles. The molecule has 0 spiro atoms. The van der Waals surface area contributed by atoms with Gasteiger partial charge in [0.05, 0.1) is 5.54 Å². The van der Waals surface area contributed by atoms with Crippen LogP contribution in [0.15, 0.2) is 24.3 Å². The summed E-state index contributed by atoms with van der Waals surface area (Å²) in [6.07, 6.45) is 5.55. The third kappa shape index (κ3) is 3.31. The molecule has 1 nitrogen and oxygen atoms in total. The molecule has 0 saturated heterocycles. The zero-order valence-corrected chi connectivity index (χ0v) is 11.0. The Kier molecular flexibility index (Phi) is 4.31. The molecule has 0 heterocycles. The van der Waals surface area contributed by atoms with Crippen molar-refractivity contribution in [2.24, 2.45) is 0 Å². The summed E-state index contributed by atoms with van der Waals surface area (Å²) >= 11 is 0. The van der Waals surface area contributed by atoms with E-state index in [9.17, 15) is 4.39 Å². The standard InChI is InChI=1S/C15H20FN/c1-6-15(4,5)17(12(2)3)11-13-9-7-8-10-14(13)16/h1,7-10,12H,11H2,2-5H3. The molecule has 0 atom stereocenters. The smallest absolute Gasteiger partial charge is 0.127 e. The van der Waals surface area contributed by atoms with Crippen molar-refractivity contribution in [1.82, 2.24) is 4.90 Å². The first kappa shape index (κ1) is 13.7. The van der Waals surface area contributed by atoms with Crippen LogP contribution in [0.2, 0.25) is 0 Å². The highest BCUT2D eigenvalue weighted by Gasteiger charge is 2.27. The molecule has 0 radical (unpaired) electrons. The average Bonchev–Trinajstić information content (AvgIpc) is 2.27.